The minimum atomic E-state index is -1.23. The summed E-state index contributed by atoms with van der Waals surface area (Å²) >= 11 is 0. The number of hydrazone groups is 1. The largest absolute Gasteiger partial charge is 0.463 e. The van der Waals surface area contributed by atoms with Crippen LogP contribution < -0.4 is 5.43 Å². The molecule has 1 heterocycles. The molecule has 1 fully saturated rings. The molecular weight excluding hydrogens is 480 g/mol. The van der Waals surface area contributed by atoms with Crippen LogP contribution in [-0.2, 0) is 14.3 Å². The smallest absolute Gasteiger partial charge is 0.306 e. The summed E-state index contributed by atoms with van der Waals surface area (Å²) in [7, 11) is 2.92. The Morgan fingerprint density at radius 3 is 2.65 bits per heavy atom. The minimum absolute atomic E-state index is 0.0922. The Bertz CT molecular complexity index is 977. The zero-order chi connectivity index (χ0) is 24.3. The molecule has 2 aromatic carbocycles. The van der Waals surface area contributed by atoms with Crippen molar-refractivity contribution < 1.29 is 34.4 Å². The van der Waals surface area contributed by atoms with Crippen molar-refractivity contribution in [3.8, 4) is 0 Å². The van der Waals surface area contributed by atoms with E-state index in [-0.39, 0.29) is 25.4 Å². The summed E-state index contributed by atoms with van der Waals surface area (Å²) in [5.74, 6) is -0.305. The number of carbonyl (C=O) groups excluding carboxylic acids is 2. The van der Waals surface area contributed by atoms with Crippen LogP contribution in [0.25, 0.3) is 0 Å². The van der Waals surface area contributed by atoms with Gasteiger partial charge >= 0.3 is 5.97 Å². The van der Waals surface area contributed by atoms with Crippen molar-refractivity contribution in [1.82, 2.24) is 5.43 Å². The number of benzene rings is 2. The van der Waals surface area contributed by atoms with Gasteiger partial charge in [0.15, 0.2) is 6.29 Å². The lowest BCUT2D eigenvalue weighted by atomic mass is 10.0. The Balaban J connectivity index is 1.39. The van der Waals surface area contributed by atoms with Crippen LogP contribution in [-0.4, -0.2) is 70.4 Å². The summed E-state index contributed by atoms with van der Waals surface area (Å²) in [4.78, 5) is 25.0. The fourth-order valence-corrected chi connectivity index (χ4v) is 5.17. The van der Waals surface area contributed by atoms with E-state index < -0.39 is 30.6 Å². The Morgan fingerprint density at radius 2 is 1.85 bits per heavy atom. The molecule has 2 aromatic rings. The maximum absolute atomic E-state index is 12.1. The third-order valence-electron chi connectivity index (χ3n) is 4.82. The van der Waals surface area contributed by atoms with E-state index in [1.807, 2.05) is 30.3 Å². The summed E-state index contributed by atoms with van der Waals surface area (Å²) in [6, 6.07) is 16.3. The highest BCUT2D eigenvalue weighted by molar-refractivity contribution is 8.76. The van der Waals surface area contributed by atoms with E-state index in [9.17, 15) is 24.9 Å². The van der Waals surface area contributed by atoms with Gasteiger partial charge in [-0.2, -0.15) is 5.10 Å². The van der Waals surface area contributed by atoms with Gasteiger partial charge in [0.1, 0.15) is 18.8 Å². The van der Waals surface area contributed by atoms with Gasteiger partial charge in [0.2, 0.25) is 0 Å². The van der Waals surface area contributed by atoms with Crippen LogP contribution in [0.3, 0.4) is 0 Å². The number of rotatable bonds is 10. The Hall–Kier alpha value is -2.41. The molecule has 0 bridgehead atoms. The van der Waals surface area contributed by atoms with Crippen LogP contribution in [0.2, 0.25) is 0 Å². The van der Waals surface area contributed by atoms with E-state index in [4.69, 9.17) is 9.47 Å². The number of aliphatic hydroxyl groups excluding tert-OH is 3. The van der Waals surface area contributed by atoms with Gasteiger partial charge in [0, 0.05) is 28.2 Å². The second-order valence-electron chi connectivity index (χ2n) is 7.36. The first-order valence-corrected chi connectivity index (χ1v) is 12.9. The van der Waals surface area contributed by atoms with Crippen LogP contribution in [0, 0.1) is 0 Å². The molecule has 0 spiro atoms. The molecule has 1 saturated heterocycles. The number of hydrogen-bond acceptors (Lipinski definition) is 10. The first kappa shape index (κ1) is 26.2. The summed E-state index contributed by atoms with van der Waals surface area (Å²) in [5.41, 5.74) is 3.83. The number of aliphatic hydroxyl groups is 3. The standard InChI is InChI=1S/C23H26N2O7S2/c26-17-12-21(28)32-18(22(17)29)14-31-20(27)10-11-33-34-19-9-5-4-8-16(19)13-24-25-23(30)15-6-2-1-3-7-15/h1-9,13,17-18,21-22,26,28-29H,10-12,14H2,(H,25,30)/b24-13+/t17-,18-,21?,22+/m1/s1. The van der Waals surface area contributed by atoms with Gasteiger partial charge in [-0.1, -0.05) is 58.0 Å². The van der Waals surface area contributed by atoms with E-state index in [1.54, 1.807) is 30.5 Å². The monoisotopic (exact) mass is 506 g/mol. The summed E-state index contributed by atoms with van der Waals surface area (Å²) in [6.45, 7) is -0.250. The Kier molecular flexibility index (Phi) is 10.4. The summed E-state index contributed by atoms with van der Waals surface area (Å²) in [5, 5.41) is 33.1. The fraction of sp³-hybridized carbons (Fsp3) is 0.348. The lowest BCUT2D eigenvalue weighted by Crippen LogP contribution is -2.50. The molecule has 4 N–H and O–H groups in total. The molecule has 1 aliphatic heterocycles. The minimum Gasteiger partial charge on any atom is -0.463 e. The molecule has 1 unspecified atom stereocenters. The summed E-state index contributed by atoms with van der Waals surface area (Å²) < 4.78 is 10.2. The van der Waals surface area contributed by atoms with Crippen LogP contribution in [0.4, 0.5) is 0 Å². The van der Waals surface area contributed by atoms with Gasteiger partial charge in [-0.3, -0.25) is 9.59 Å². The highest BCUT2D eigenvalue weighted by Gasteiger charge is 2.36. The van der Waals surface area contributed by atoms with E-state index >= 15 is 0 Å². The fourth-order valence-electron chi connectivity index (χ4n) is 3.02. The predicted molar refractivity (Wildman–Crippen MR) is 129 cm³/mol. The van der Waals surface area contributed by atoms with E-state index in [2.05, 4.69) is 10.5 Å². The molecule has 1 amide bonds. The first-order valence-electron chi connectivity index (χ1n) is 10.6. The lowest BCUT2D eigenvalue weighted by Gasteiger charge is -2.34. The number of ether oxygens (including phenoxy) is 2. The molecule has 0 radical (unpaired) electrons. The quantitative estimate of drug-likeness (QED) is 0.125. The third-order valence-corrected chi connectivity index (χ3v) is 7.25. The van der Waals surface area contributed by atoms with Gasteiger partial charge in [0.25, 0.3) is 5.91 Å². The van der Waals surface area contributed by atoms with Gasteiger partial charge in [-0.05, 0) is 18.2 Å². The molecule has 3 rings (SSSR count). The van der Waals surface area contributed by atoms with Crippen molar-refractivity contribution in [2.45, 2.75) is 42.3 Å². The zero-order valence-corrected chi connectivity index (χ0v) is 19.8. The molecule has 1 aliphatic rings. The SMILES string of the molecule is O=C(CCSSc1ccccc1/C=N/NC(=O)c1ccccc1)OC[C@H]1OC(O)C[C@@H](O)[C@@H]1O. The highest BCUT2D eigenvalue weighted by Crippen LogP contribution is 2.33. The van der Waals surface area contributed by atoms with E-state index in [0.717, 1.165) is 10.5 Å². The van der Waals surface area contributed by atoms with E-state index in [0.29, 0.717) is 11.3 Å². The Labute approximate surface area is 204 Å². The average Bonchev–Trinajstić information content (AvgIpc) is 2.84. The molecule has 4 atom stereocenters. The van der Waals surface area contributed by atoms with Crippen LogP contribution in [0.1, 0.15) is 28.8 Å². The van der Waals surface area contributed by atoms with Crippen molar-refractivity contribution >= 4 is 39.7 Å². The number of esters is 1. The van der Waals surface area contributed by atoms with E-state index in [1.165, 1.54) is 21.6 Å². The maximum atomic E-state index is 12.1. The third kappa shape index (κ3) is 8.12. The van der Waals surface area contributed by atoms with Crippen molar-refractivity contribution in [3.05, 3.63) is 65.7 Å². The van der Waals surface area contributed by atoms with Crippen molar-refractivity contribution in [2.75, 3.05) is 12.4 Å². The van der Waals surface area contributed by atoms with Crippen LogP contribution >= 0.6 is 21.6 Å². The van der Waals surface area contributed by atoms with Gasteiger partial charge in [-0.25, -0.2) is 5.43 Å². The second-order valence-corrected chi connectivity index (χ2v) is 9.82. The molecule has 182 valence electrons. The molecule has 11 heteroatoms. The second kappa shape index (κ2) is 13.5. The van der Waals surface area contributed by atoms with Crippen LogP contribution in [0.15, 0.2) is 64.6 Å². The molecular formula is C23H26N2O7S2. The first-order chi connectivity index (χ1) is 16.4. The van der Waals surface area contributed by atoms with Crippen LogP contribution in [0.5, 0.6) is 0 Å². The zero-order valence-electron chi connectivity index (χ0n) is 18.1. The molecule has 0 saturated carbocycles. The molecule has 34 heavy (non-hydrogen) atoms. The number of nitrogens with one attached hydrogen (secondary N) is 1. The normalized spacial score (nSPS) is 22.4. The average molecular weight is 507 g/mol. The number of carbonyl (C=O) groups is 2. The molecule has 0 aliphatic carbocycles. The van der Waals surface area contributed by atoms with Crippen molar-refractivity contribution in [2.24, 2.45) is 5.10 Å². The highest BCUT2D eigenvalue weighted by atomic mass is 33.1. The predicted octanol–water partition coefficient (Wildman–Crippen LogP) is 1.95. The molecule has 0 aromatic heterocycles. The molecule has 9 nitrogen and oxygen atoms in total. The number of nitrogens with zero attached hydrogens (tertiary/aromatic N) is 1. The summed E-state index contributed by atoms with van der Waals surface area (Å²) in [6.07, 6.45) is -2.93. The number of hydrogen-bond donors (Lipinski definition) is 4. The lowest BCUT2D eigenvalue weighted by molar-refractivity contribution is -0.242. The van der Waals surface area contributed by atoms with Gasteiger partial charge < -0.3 is 24.8 Å². The van der Waals surface area contributed by atoms with Crippen molar-refractivity contribution in [3.63, 3.8) is 0 Å². The number of amides is 1. The topological polar surface area (TPSA) is 138 Å². The van der Waals surface area contributed by atoms with Gasteiger partial charge in [-0.15, -0.1) is 0 Å². The Morgan fingerprint density at radius 1 is 1.12 bits per heavy atom. The van der Waals surface area contributed by atoms with Gasteiger partial charge in [0.05, 0.1) is 18.7 Å². The van der Waals surface area contributed by atoms with Crippen molar-refractivity contribution in [1.29, 1.82) is 0 Å². The maximum Gasteiger partial charge on any atom is 0.306 e.